The smallest absolute Gasteiger partial charge is 0.317 e. The van der Waals surface area contributed by atoms with Crippen molar-refractivity contribution in [3.63, 3.8) is 0 Å². The minimum absolute atomic E-state index is 0.151. The minimum Gasteiger partial charge on any atom is -0.496 e. The maximum Gasteiger partial charge on any atom is 0.317 e. The molecule has 0 fully saturated rings. The Labute approximate surface area is 129 Å². The number of rotatable bonds is 6. The number of hydrogen-bond donors (Lipinski definition) is 1. The van der Waals surface area contributed by atoms with Gasteiger partial charge in [0, 0.05) is 13.1 Å². The number of benzene rings is 1. The van der Waals surface area contributed by atoms with Gasteiger partial charge in [0.15, 0.2) is 0 Å². The van der Waals surface area contributed by atoms with E-state index in [4.69, 9.17) is 9.26 Å². The first-order valence-electron chi connectivity index (χ1n) is 7.18. The van der Waals surface area contributed by atoms with Gasteiger partial charge in [0.1, 0.15) is 5.75 Å². The number of nitrogens with one attached hydrogen (secondary N) is 1. The predicted molar refractivity (Wildman–Crippen MR) is 81.4 cm³/mol. The molecule has 0 bridgehead atoms. The summed E-state index contributed by atoms with van der Waals surface area (Å²) < 4.78 is 10.4. The Hall–Kier alpha value is -2.57. The van der Waals surface area contributed by atoms with E-state index in [1.807, 2.05) is 38.1 Å². The zero-order valence-corrected chi connectivity index (χ0v) is 13.0. The van der Waals surface area contributed by atoms with Crippen LogP contribution in [0.1, 0.15) is 19.7 Å². The highest BCUT2D eigenvalue weighted by atomic mass is 16.5. The quantitative estimate of drug-likeness (QED) is 0.885. The van der Waals surface area contributed by atoms with E-state index in [9.17, 15) is 4.79 Å². The molecular weight excluding hydrogens is 284 g/mol. The second-order valence-electron chi connectivity index (χ2n) is 4.54. The van der Waals surface area contributed by atoms with Crippen LogP contribution in [0.4, 0.5) is 4.79 Å². The van der Waals surface area contributed by atoms with E-state index < -0.39 is 0 Å². The van der Waals surface area contributed by atoms with Gasteiger partial charge in [-0.05, 0) is 26.0 Å². The first-order chi connectivity index (χ1) is 10.7. The van der Waals surface area contributed by atoms with Crippen molar-refractivity contribution in [2.45, 2.75) is 20.4 Å². The molecule has 7 heteroatoms. The molecule has 2 rings (SSSR count). The molecule has 2 aromatic rings. The van der Waals surface area contributed by atoms with Crippen molar-refractivity contribution in [3.8, 4) is 17.1 Å². The Bertz CT molecular complexity index is 623. The Balaban J connectivity index is 2.04. The van der Waals surface area contributed by atoms with Crippen LogP contribution in [-0.2, 0) is 6.54 Å². The van der Waals surface area contributed by atoms with Gasteiger partial charge in [-0.25, -0.2) is 4.79 Å². The zero-order valence-electron chi connectivity index (χ0n) is 13.0. The highest BCUT2D eigenvalue weighted by Gasteiger charge is 2.14. The molecule has 0 aliphatic carbocycles. The summed E-state index contributed by atoms with van der Waals surface area (Å²) in [7, 11) is 1.59. The zero-order chi connectivity index (χ0) is 15.9. The molecule has 7 nitrogen and oxygen atoms in total. The fourth-order valence-corrected chi connectivity index (χ4v) is 2.04. The monoisotopic (exact) mass is 304 g/mol. The number of methoxy groups -OCH3 is 1. The van der Waals surface area contributed by atoms with Crippen molar-refractivity contribution in [2.75, 3.05) is 20.2 Å². The Morgan fingerprint density at radius 2 is 2.05 bits per heavy atom. The Morgan fingerprint density at radius 3 is 2.73 bits per heavy atom. The van der Waals surface area contributed by atoms with Gasteiger partial charge in [-0.2, -0.15) is 4.98 Å². The molecule has 22 heavy (non-hydrogen) atoms. The Morgan fingerprint density at radius 1 is 1.32 bits per heavy atom. The number of para-hydroxylation sites is 1. The summed E-state index contributed by atoms with van der Waals surface area (Å²) in [5.41, 5.74) is 0.745. The van der Waals surface area contributed by atoms with Crippen molar-refractivity contribution in [2.24, 2.45) is 0 Å². The standard InChI is InChI=1S/C15H20N4O3/c1-4-19(5-2)15(20)16-10-13-17-14(18-22-13)11-8-6-7-9-12(11)21-3/h6-9H,4-5,10H2,1-3H3,(H,16,20). The summed E-state index contributed by atoms with van der Waals surface area (Å²) in [6.45, 7) is 5.35. The lowest BCUT2D eigenvalue weighted by Crippen LogP contribution is -2.39. The number of carbonyl (C=O) groups excluding carboxylic acids is 1. The van der Waals surface area contributed by atoms with Gasteiger partial charge >= 0.3 is 6.03 Å². The summed E-state index contributed by atoms with van der Waals surface area (Å²) in [6, 6.07) is 7.26. The average molecular weight is 304 g/mol. The SMILES string of the molecule is CCN(CC)C(=O)NCc1nc(-c2ccccc2OC)no1. The summed E-state index contributed by atoms with van der Waals surface area (Å²) in [5, 5.41) is 6.68. The normalized spacial score (nSPS) is 10.3. The number of amides is 2. The lowest BCUT2D eigenvalue weighted by Gasteiger charge is -2.18. The maximum absolute atomic E-state index is 11.9. The number of nitrogens with zero attached hydrogens (tertiary/aromatic N) is 3. The number of ether oxygens (including phenoxy) is 1. The third kappa shape index (κ3) is 3.55. The molecule has 1 N–H and O–H groups in total. The van der Waals surface area contributed by atoms with Crippen molar-refractivity contribution < 1.29 is 14.1 Å². The summed E-state index contributed by atoms with van der Waals surface area (Å²) in [6.07, 6.45) is 0. The number of urea groups is 1. The van der Waals surface area contributed by atoms with E-state index in [0.717, 1.165) is 5.56 Å². The number of aromatic nitrogens is 2. The second-order valence-corrected chi connectivity index (χ2v) is 4.54. The summed E-state index contributed by atoms with van der Waals surface area (Å²) in [5.74, 6) is 1.45. The molecule has 0 radical (unpaired) electrons. The van der Waals surface area contributed by atoms with Gasteiger partial charge in [-0.1, -0.05) is 17.3 Å². The molecule has 0 saturated carbocycles. The van der Waals surface area contributed by atoms with Gasteiger partial charge in [0.25, 0.3) is 0 Å². The highest BCUT2D eigenvalue weighted by Crippen LogP contribution is 2.26. The molecule has 118 valence electrons. The molecule has 1 aromatic heterocycles. The fourth-order valence-electron chi connectivity index (χ4n) is 2.04. The van der Waals surface area contributed by atoms with Crippen molar-refractivity contribution >= 4 is 6.03 Å². The molecule has 0 unspecified atom stereocenters. The van der Waals surface area contributed by atoms with Crippen LogP contribution in [0.15, 0.2) is 28.8 Å². The molecule has 0 saturated heterocycles. The lowest BCUT2D eigenvalue weighted by molar-refractivity contribution is 0.201. The van der Waals surface area contributed by atoms with Crippen molar-refractivity contribution in [3.05, 3.63) is 30.2 Å². The van der Waals surface area contributed by atoms with E-state index in [1.54, 1.807) is 12.0 Å². The van der Waals surface area contributed by atoms with Crippen LogP contribution in [0.2, 0.25) is 0 Å². The largest absolute Gasteiger partial charge is 0.496 e. The summed E-state index contributed by atoms with van der Waals surface area (Å²) in [4.78, 5) is 17.8. The third-order valence-corrected chi connectivity index (χ3v) is 3.26. The third-order valence-electron chi connectivity index (χ3n) is 3.26. The van der Waals surface area contributed by atoms with Crippen molar-refractivity contribution in [1.82, 2.24) is 20.4 Å². The molecule has 2 amide bonds. The van der Waals surface area contributed by atoms with Crippen LogP contribution in [0, 0.1) is 0 Å². The molecule has 1 aromatic carbocycles. The first-order valence-corrected chi connectivity index (χ1v) is 7.18. The fraction of sp³-hybridized carbons (Fsp3) is 0.400. The summed E-state index contributed by atoms with van der Waals surface area (Å²) >= 11 is 0. The molecule has 0 aliphatic rings. The molecule has 0 aliphatic heterocycles. The molecule has 0 spiro atoms. The van der Waals surface area contributed by atoms with E-state index in [0.29, 0.717) is 30.6 Å². The van der Waals surface area contributed by atoms with Crippen LogP contribution in [-0.4, -0.2) is 41.3 Å². The van der Waals surface area contributed by atoms with Crippen LogP contribution in [0.5, 0.6) is 5.75 Å². The molecule has 0 atom stereocenters. The highest BCUT2D eigenvalue weighted by molar-refractivity contribution is 5.74. The van der Waals surface area contributed by atoms with Crippen molar-refractivity contribution in [1.29, 1.82) is 0 Å². The first kappa shape index (κ1) is 15.8. The van der Waals surface area contributed by atoms with Gasteiger partial charge in [0.05, 0.1) is 19.2 Å². The van der Waals surface area contributed by atoms with Gasteiger partial charge in [0.2, 0.25) is 11.7 Å². The number of hydrogen-bond acceptors (Lipinski definition) is 5. The van der Waals surface area contributed by atoms with Crippen LogP contribution >= 0.6 is 0 Å². The van der Waals surface area contributed by atoms with Gasteiger partial charge in [-0.3, -0.25) is 0 Å². The van der Waals surface area contributed by atoms with Crippen LogP contribution in [0.3, 0.4) is 0 Å². The second kappa shape index (κ2) is 7.44. The van der Waals surface area contributed by atoms with Gasteiger partial charge in [-0.15, -0.1) is 0 Å². The van der Waals surface area contributed by atoms with E-state index >= 15 is 0 Å². The molecule has 1 heterocycles. The van der Waals surface area contributed by atoms with Crippen LogP contribution in [0.25, 0.3) is 11.4 Å². The Kier molecular flexibility index (Phi) is 5.35. The lowest BCUT2D eigenvalue weighted by atomic mass is 10.2. The topological polar surface area (TPSA) is 80.5 Å². The van der Waals surface area contributed by atoms with E-state index in [1.165, 1.54) is 0 Å². The number of carbonyl (C=O) groups is 1. The van der Waals surface area contributed by atoms with Crippen LogP contribution < -0.4 is 10.1 Å². The van der Waals surface area contributed by atoms with E-state index in [-0.39, 0.29) is 12.6 Å². The predicted octanol–water partition coefficient (Wildman–Crippen LogP) is 2.30. The molecular formula is C15H20N4O3. The minimum atomic E-state index is -0.151. The van der Waals surface area contributed by atoms with E-state index in [2.05, 4.69) is 15.5 Å². The van der Waals surface area contributed by atoms with Gasteiger partial charge < -0.3 is 19.5 Å². The average Bonchev–Trinajstić information content (AvgIpc) is 3.02. The maximum atomic E-state index is 11.9.